The van der Waals surface area contributed by atoms with E-state index in [2.05, 4.69) is 6.58 Å². The molecule has 2 nitrogen and oxygen atoms in total. The van der Waals surface area contributed by atoms with Gasteiger partial charge in [0, 0.05) is 0 Å². The molecule has 0 heterocycles. The first-order valence-electron chi connectivity index (χ1n) is 5.07. The molecule has 0 aromatic heterocycles. The van der Waals surface area contributed by atoms with Gasteiger partial charge in [0.1, 0.15) is 0 Å². The molecule has 2 fully saturated rings. The van der Waals surface area contributed by atoms with E-state index in [-0.39, 0.29) is 5.92 Å². The smallest absolute Gasteiger partial charge is 0.307 e. The molecule has 13 heavy (non-hydrogen) atoms. The van der Waals surface area contributed by atoms with Crippen molar-refractivity contribution >= 4 is 5.97 Å². The maximum Gasteiger partial charge on any atom is 0.307 e. The van der Waals surface area contributed by atoms with Crippen LogP contribution in [0.25, 0.3) is 0 Å². The van der Waals surface area contributed by atoms with Gasteiger partial charge in [0.15, 0.2) is 0 Å². The SMILES string of the molecule is C=CC[C@@H]1[C@H]2CC[C@H](C2)[C@@H]1C(=O)O. The maximum absolute atomic E-state index is 11.0. The molecule has 1 N–H and O–H groups in total. The van der Waals surface area contributed by atoms with E-state index < -0.39 is 5.97 Å². The molecule has 2 rings (SSSR count). The second kappa shape index (κ2) is 3.17. The number of hydrogen-bond donors (Lipinski definition) is 1. The summed E-state index contributed by atoms with van der Waals surface area (Å²) in [5.41, 5.74) is 0. The zero-order valence-corrected chi connectivity index (χ0v) is 7.78. The van der Waals surface area contributed by atoms with E-state index in [1.165, 1.54) is 6.42 Å². The van der Waals surface area contributed by atoms with Crippen molar-refractivity contribution in [1.29, 1.82) is 0 Å². The topological polar surface area (TPSA) is 37.3 Å². The van der Waals surface area contributed by atoms with Crippen molar-refractivity contribution in [3.8, 4) is 0 Å². The lowest BCUT2D eigenvalue weighted by molar-refractivity contribution is -0.145. The first-order valence-corrected chi connectivity index (χ1v) is 5.07. The highest BCUT2D eigenvalue weighted by molar-refractivity contribution is 5.71. The maximum atomic E-state index is 11.0. The molecule has 0 unspecified atom stereocenters. The summed E-state index contributed by atoms with van der Waals surface area (Å²) in [6.07, 6.45) is 6.29. The van der Waals surface area contributed by atoms with Gasteiger partial charge in [0.25, 0.3) is 0 Å². The van der Waals surface area contributed by atoms with Crippen LogP contribution in [0.15, 0.2) is 12.7 Å². The molecule has 0 amide bonds. The average molecular weight is 180 g/mol. The first-order chi connectivity index (χ1) is 6.24. The van der Waals surface area contributed by atoms with E-state index in [0.29, 0.717) is 17.8 Å². The quantitative estimate of drug-likeness (QED) is 0.677. The minimum absolute atomic E-state index is 0.0725. The molecule has 2 aliphatic carbocycles. The number of hydrogen-bond acceptors (Lipinski definition) is 1. The molecule has 2 bridgehead atoms. The van der Waals surface area contributed by atoms with Crippen molar-refractivity contribution in [3.05, 3.63) is 12.7 Å². The van der Waals surface area contributed by atoms with Crippen molar-refractivity contribution < 1.29 is 9.90 Å². The number of carboxylic acid groups (broad SMARTS) is 1. The molecule has 0 aliphatic heterocycles. The summed E-state index contributed by atoms with van der Waals surface area (Å²) in [6, 6.07) is 0. The van der Waals surface area contributed by atoms with Crippen LogP contribution in [0.4, 0.5) is 0 Å². The summed E-state index contributed by atoms with van der Waals surface area (Å²) < 4.78 is 0. The highest BCUT2D eigenvalue weighted by atomic mass is 16.4. The van der Waals surface area contributed by atoms with Crippen LogP contribution in [0.5, 0.6) is 0 Å². The third-order valence-corrected chi connectivity index (χ3v) is 3.81. The van der Waals surface area contributed by atoms with Crippen molar-refractivity contribution in [3.63, 3.8) is 0 Å². The van der Waals surface area contributed by atoms with Crippen LogP contribution < -0.4 is 0 Å². The van der Waals surface area contributed by atoms with Gasteiger partial charge >= 0.3 is 5.97 Å². The van der Waals surface area contributed by atoms with Crippen LogP contribution in [-0.4, -0.2) is 11.1 Å². The fraction of sp³-hybridized carbons (Fsp3) is 0.727. The molecule has 4 atom stereocenters. The van der Waals surface area contributed by atoms with E-state index in [4.69, 9.17) is 5.11 Å². The Bertz CT molecular complexity index is 234. The second-order valence-electron chi connectivity index (χ2n) is 4.39. The van der Waals surface area contributed by atoms with Crippen LogP contribution in [0.3, 0.4) is 0 Å². The molecule has 2 heteroatoms. The normalized spacial score (nSPS) is 42.2. The molecule has 0 spiro atoms. The molecule has 2 saturated carbocycles. The standard InChI is InChI=1S/C11H16O2/c1-2-3-9-7-4-5-8(6-7)10(9)11(12)13/h2,7-10H,1,3-6H2,(H,12,13)/t7-,8+,9+,10-/m0/s1. The largest absolute Gasteiger partial charge is 0.481 e. The van der Waals surface area contributed by atoms with Gasteiger partial charge in [-0.2, -0.15) is 0 Å². The summed E-state index contributed by atoms with van der Waals surface area (Å²) in [4.78, 5) is 11.0. The van der Waals surface area contributed by atoms with Gasteiger partial charge in [0.2, 0.25) is 0 Å². The van der Waals surface area contributed by atoms with Gasteiger partial charge < -0.3 is 5.11 Å². The lowest BCUT2D eigenvalue weighted by atomic mass is 9.77. The Hall–Kier alpha value is -0.790. The van der Waals surface area contributed by atoms with E-state index in [1.807, 2.05) is 6.08 Å². The molecule has 72 valence electrons. The highest BCUT2D eigenvalue weighted by Crippen LogP contribution is 2.53. The van der Waals surface area contributed by atoms with Gasteiger partial charge in [-0.25, -0.2) is 0 Å². The van der Waals surface area contributed by atoms with Crippen LogP contribution >= 0.6 is 0 Å². The van der Waals surface area contributed by atoms with Crippen LogP contribution in [-0.2, 0) is 4.79 Å². The average Bonchev–Trinajstić information content (AvgIpc) is 2.63. The van der Waals surface area contributed by atoms with Crippen molar-refractivity contribution in [1.82, 2.24) is 0 Å². The Labute approximate surface area is 78.6 Å². The molecular formula is C11H16O2. The summed E-state index contributed by atoms with van der Waals surface area (Å²) >= 11 is 0. The third-order valence-electron chi connectivity index (χ3n) is 3.81. The van der Waals surface area contributed by atoms with Crippen molar-refractivity contribution in [2.24, 2.45) is 23.7 Å². The number of carboxylic acids is 1. The summed E-state index contributed by atoms with van der Waals surface area (Å²) in [7, 11) is 0. The first kappa shape index (κ1) is 8.79. The number of allylic oxidation sites excluding steroid dienone is 1. The van der Waals surface area contributed by atoms with Crippen LogP contribution in [0, 0.1) is 23.7 Å². The lowest BCUT2D eigenvalue weighted by Crippen LogP contribution is -2.28. The number of rotatable bonds is 3. The van der Waals surface area contributed by atoms with E-state index in [0.717, 1.165) is 19.3 Å². The third kappa shape index (κ3) is 1.28. The fourth-order valence-corrected chi connectivity index (χ4v) is 3.33. The highest BCUT2D eigenvalue weighted by Gasteiger charge is 2.49. The Morgan fingerprint density at radius 1 is 1.46 bits per heavy atom. The monoisotopic (exact) mass is 180 g/mol. The number of fused-ring (bicyclic) bond motifs is 2. The van der Waals surface area contributed by atoms with Gasteiger partial charge in [-0.15, -0.1) is 6.58 Å². The molecule has 0 aromatic rings. The Morgan fingerprint density at radius 3 is 2.77 bits per heavy atom. The fourth-order valence-electron chi connectivity index (χ4n) is 3.33. The van der Waals surface area contributed by atoms with E-state index in [9.17, 15) is 4.79 Å². The van der Waals surface area contributed by atoms with Crippen molar-refractivity contribution in [2.75, 3.05) is 0 Å². The predicted octanol–water partition coefficient (Wildman–Crippen LogP) is 2.31. The van der Waals surface area contributed by atoms with E-state index >= 15 is 0 Å². The van der Waals surface area contributed by atoms with Gasteiger partial charge in [0.05, 0.1) is 5.92 Å². The van der Waals surface area contributed by atoms with Crippen LogP contribution in [0.1, 0.15) is 25.7 Å². The molecule has 0 radical (unpaired) electrons. The van der Waals surface area contributed by atoms with Gasteiger partial charge in [-0.3, -0.25) is 4.79 Å². The molecular weight excluding hydrogens is 164 g/mol. The Kier molecular flexibility index (Phi) is 2.14. The zero-order valence-electron chi connectivity index (χ0n) is 7.78. The Balaban J connectivity index is 2.14. The zero-order chi connectivity index (χ0) is 9.42. The minimum Gasteiger partial charge on any atom is -0.481 e. The predicted molar refractivity (Wildman–Crippen MR) is 50.3 cm³/mol. The molecule has 0 saturated heterocycles. The summed E-state index contributed by atoms with van der Waals surface area (Å²) in [6.45, 7) is 3.71. The number of aliphatic carboxylic acids is 1. The van der Waals surface area contributed by atoms with Gasteiger partial charge in [-0.1, -0.05) is 6.08 Å². The van der Waals surface area contributed by atoms with E-state index in [1.54, 1.807) is 0 Å². The molecule has 0 aromatic carbocycles. The number of carbonyl (C=O) groups is 1. The molecule has 2 aliphatic rings. The van der Waals surface area contributed by atoms with Crippen LogP contribution in [0.2, 0.25) is 0 Å². The second-order valence-corrected chi connectivity index (χ2v) is 4.39. The van der Waals surface area contributed by atoms with Gasteiger partial charge in [-0.05, 0) is 43.4 Å². The lowest BCUT2D eigenvalue weighted by Gasteiger charge is -2.26. The summed E-state index contributed by atoms with van der Waals surface area (Å²) in [5, 5.41) is 9.10. The van der Waals surface area contributed by atoms with Crippen molar-refractivity contribution in [2.45, 2.75) is 25.7 Å². The minimum atomic E-state index is -0.584. The Morgan fingerprint density at radius 2 is 2.15 bits per heavy atom. The summed E-state index contributed by atoms with van der Waals surface area (Å²) in [5.74, 6) is 0.862.